The van der Waals surface area contributed by atoms with Crippen LogP contribution in [0.4, 0.5) is 0 Å². The Hall–Kier alpha value is -1.10. The summed E-state index contributed by atoms with van der Waals surface area (Å²) in [6, 6.07) is 0.510. The van der Waals surface area contributed by atoms with Gasteiger partial charge in [0, 0.05) is 31.0 Å². The molecule has 2 N–H and O–H groups in total. The van der Waals surface area contributed by atoms with Gasteiger partial charge in [-0.3, -0.25) is 14.5 Å². The van der Waals surface area contributed by atoms with E-state index >= 15 is 0 Å². The van der Waals surface area contributed by atoms with Crippen LogP contribution < -0.4 is 5.73 Å². The molecule has 5 nitrogen and oxygen atoms in total. The molecule has 3 rings (SSSR count). The van der Waals surface area contributed by atoms with Crippen LogP contribution in [0.2, 0.25) is 0 Å². The van der Waals surface area contributed by atoms with Gasteiger partial charge in [-0.05, 0) is 38.6 Å². The number of likely N-dealkylation sites (tertiary alicyclic amines) is 2. The van der Waals surface area contributed by atoms with Gasteiger partial charge < -0.3 is 10.6 Å². The first-order valence-corrected chi connectivity index (χ1v) is 7.38. The Morgan fingerprint density at radius 3 is 2.79 bits per heavy atom. The van der Waals surface area contributed by atoms with Crippen molar-refractivity contribution < 1.29 is 9.59 Å². The van der Waals surface area contributed by atoms with Crippen LogP contribution >= 0.6 is 0 Å². The van der Waals surface area contributed by atoms with Crippen LogP contribution in [0.3, 0.4) is 0 Å². The zero-order chi connectivity index (χ0) is 13.5. The zero-order valence-electron chi connectivity index (χ0n) is 11.4. The van der Waals surface area contributed by atoms with E-state index in [0.717, 1.165) is 32.5 Å². The predicted octanol–water partition coefficient (Wildman–Crippen LogP) is 0.339. The maximum Gasteiger partial charge on any atom is 0.231 e. The van der Waals surface area contributed by atoms with E-state index in [4.69, 9.17) is 5.73 Å². The van der Waals surface area contributed by atoms with Crippen LogP contribution in [0.5, 0.6) is 0 Å². The lowest BCUT2D eigenvalue weighted by atomic mass is 9.73. The fourth-order valence-electron chi connectivity index (χ4n) is 3.76. The summed E-state index contributed by atoms with van der Waals surface area (Å²) in [6.07, 6.45) is 6.30. The molecule has 2 saturated heterocycles. The van der Waals surface area contributed by atoms with Crippen molar-refractivity contribution in [2.75, 3.05) is 26.2 Å². The normalized spacial score (nSPS) is 32.8. The fraction of sp³-hybridized carbons (Fsp3) is 0.857. The Morgan fingerprint density at radius 1 is 1.32 bits per heavy atom. The number of carbonyl (C=O) groups excluding carboxylic acids is 2. The molecule has 2 aliphatic heterocycles. The molecule has 0 aromatic heterocycles. The second kappa shape index (κ2) is 4.78. The van der Waals surface area contributed by atoms with Gasteiger partial charge in [0.2, 0.25) is 11.8 Å². The smallest absolute Gasteiger partial charge is 0.231 e. The highest BCUT2D eigenvalue weighted by molar-refractivity contribution is 5.78. The monoisotopic (exact) mass is 265 g/mol. The number of hydrogen-bond donors (Lipinski definition) is 1. The summed E-state index contributed by atoms with van der Waals surface area (Å²) in [5.41, 5.74) is 5.52. The van der Waals surface area contributed by atoms with Crippen LogP contribution in [0.1, 0.15) is 38.5 Å². The molecular formula is C14H23N3O2. The second-order valence-corrected chi connectivity index (χ2v) is 6.53. The summed E-state index contributed by atoms with van der Waals surface area (Å²) in [5, 5.41) is 0. The Morgan fingerprint density at radius 2 is 2.11 bits per heavy atom. The molecular weight excluding hydrogens is 242 g/mol. The van der Waals surface area contributed by atoms with Crippen molar-refractivity contribution in [3.8, 4) is 0 Å². The molecule has 0 bridgehead atoms. The first-order chi connectivity index (χ1) is 9.08. The van der Waals surface area contributed by atoms with E-state index in [0.29, 0.717) is 24.9 Å². The topological polar surface area (TPSA) is 66.6 Å². The summed E-state index contributed by atoms with van der Waals surface area (Å²) in [5.74, 6) is 0.0862. The third-order valence-corrected chi connectivity index (χ3v) is 4.80. The lowest BCUT2D eigenvalue weighted by Crippen LogP contribution is -2.55. The molecule has 3 aliphatic rings. The zero-order valence-corrected chi connectivity index (χ0v) is 11.4. The van der Waals surface area contributed by atoms with Crippen LogP contribution in [-0.2, 0) is 9.59 Å². The molecule has 0 aromatic rings. The van der Waals surface area contributed by atoms with Crippen LogP contribution in [0, 0.1) is 5.41 Å². The van der Waals surface area contributed by atoms with Crippen molar-refractivity contribution in [1.29, 1.82) is 0 Å². The maximum atomic E-state index is 12.0. The summed E-state index contributed by atoms with van der Waals surface area (Å²) >= 11 is 0. The first kappa shape index (κ1) is 12.9. The Balaban J connectivity index is 1.67. The van der Waals surface area contributed by atoms with E-state index in [9.17, 15) is 9.59 Å². The summed E-state index contributed by atoms with van der Waals surface area (Å²) in [4.78, 5) is 27.4. The molecule has 19 heavy (non-hydrogen) atoms. The third kappa shape index (κ3) is 2.76. The minimum atomic E-state index is -0.247. The lowest BCUT2D eigenvalue weighted by molar-refractivity contribution is -0.140. The van der Waals surface area contributed by atoms with Crippen molar-refractivity contribution in [2.24, 2.45) is 11.1 Å². The largest absolute Gasteiger partial charge is 0.369 e. The molecule has 1 saturated carbocycles. The molecule has 0 radical (unpaired) electrons. The Kier molecular flexibility index (Phi) is 3.25. The quantitative estimate of drug-likeness (QED) is 0.800. The Bertz CT molecular complexity index is 394. The summed E-state index contributed by atoms with van der Waals surface area (Å²) in [7, 11) is 0. The van der Waals surface area contributed by atoms with Gasteiger partial charge in [0.05, 0.1) is 6.54 Å². The second-order valence-electron chi connectivity index (χ2n) is 6.53. The number of nitrogens with two attached hydrogens (primary N) is 1. The first-order valence-electron chi connectivity index (χ1n) is 7.38. The van der Waals surface area contributed by atoms with Crippen LogP contribution in [0.15, 0.2) is 0 Å². The minimum absolute atomic E-state index is 0.212. The average molecular weight is 265 g/mol. The van der Waals surface area contributed by atoms with Gasteiger partial charge in [0.15, 0.2) is 0 Å². The number of amides is 2. The number of rotatable bonds is 3. The number of nitrogens with zero attached hydrogens (tertiary/aromatic N) is 2. The highest BCUT2D eigenvalue weighted by Gasteiger charge is 2.45. The average Bonchev–Trinajstić information content (AvgIpc) is 3.16. The van der Waals surface area contributed by atoms with E-state index in [2.05, 4.69) is 9.80 Å². The highest BCUT2D eigenvalue weighted by atomic mass is 16.2. The molecule has 2 amide bonds. The standard InChI is InChI=1S/C14H23N3O2/c15-12(18)8-16-7-1-5-14(9-16)6-4-13(19)17(10-14)11-2-3-11/h11H,1-10H2,(H2,15,18)/t14-/m0/s1. The summed E-state index contributed by atoms with van der Waals surface area (Å²) in [6.45, 7) is 3.14. The molecule has 1 aliphatic carbocycles. The maximum absolute atomic E-state index is 12.0. The van der Waals surface area contributed by atoms with Crippen molar-refractivity contribution in [1.82, 2.24) is 9.80 Å². The fourth-order valence-corrected chi connectivity index (χ4v) is 3.76. The van der Waals surface area contributed by atoms with E-state index in [-0.39, 0.29) is 11.3 Å². The number of hydrogen-bond acceptors (Lipinski definition) is 3. The van der Waals surface area contributed by atoms with Gasteiger partial charge in [-0.25, -0.2) is 0 Å². The van der Waals surface area contributed by atoms with E-state index in [1.54, 1.807) is 0 Å². The molecule has 2 heterocycles. The van der Waals surface area contributed by atoms with Gasteiger partial charge in [-0.2, -0.15) is 0 Å². The lowest BCUT2D eigenvalue weighted by Gasteiger charge is -2.48. The SMILES string of the molecule is NC(=O)CN1CCC[C@]2(CCC(=O)N(C3CC3)C2)C1. The van der Waals surface area contributed by atoms with Crippen LogP contribution in [0.25, 0.3) is 0 Å². The van der Waals surface area contributed by atoms with E-state index in [1.165, 1.54) is 19.3 Å². The van der Waals surface area contributed by atoms with E-state index in [1.807, 2.05) is 0 Å². The molecule has 1 spiro atoms. The Labute approximate surface area is 114 Å². The van der Waals surface area contributed by atoms with Gasteiger partial charge in [-0.15, -0.1) is 0 Å². The molecule has 3 fully saturated rings. The van der Waals surface area contributed by atoms with Crippen molar-refractivity contribution in [2.45, 2.75) is 44.6 Å². The molecule has 5 heteroatoms. The number of primary amides is 1. The van der Waals surface area contributed by atoms with Crippen LogP contribution in [-0.4, -0.2) is 53.8 Å². The van der Waals surface area contributed by atoms with E-state index < -0.39 is 0 Å². The molecule has 0 aromatic carbocycles. The van der Waals surface area contributed by atoms with Gasteiger partial charge >= 0.3 is 0 Å². The van der Waals surface area contributed by atoms with Gasteiger partial charge in [-0.1, -0.05) is 0 Å². The highest BCUT2D eigenvalue weighted by Crippen LogP contribution is 2.42. The van der Waals surface area contributed by atoms with Gasteiger partial charge in [0.1, 0.15) is 0 Å². The number of piperidine rings is 2. The van der Waals surface area contributed by atoms with Gasteiger partial charge in [0.25, 0.3) is 0 Å². The third-order valence-electron chi connectivity index (χ3n) is 4.80. The molecule has 106 valence electrons. The minimum Gasteiger partial charge on any atom is -0.369 e. The molecule has 0 unspecified atom stereocenters. The van der Waals surface area contributed by atoms with Crippen molar-refractivity contribution in [3.63, 3.8) is 0 Å². The number of carbonyl (C=O) groups is 2. The van der Waals surface area contributed by atoms with Crippen molar-refractivity contribution in [3.05, 3.63) is 0 Å². The summed E-state index contributed by atoms with van der Waals surface area (Å²) < 4.78 is 0. The predicted molar refractivity (Wildman–Crippen MR) is 71.3 cm³/mol. The van der Waals surface area contributed by atoms with Crippen molar-refractivity contribution >= 4 is 11.8 Å². The molecule has 1 atom stereocenters.